The number of rotatable bonds is 7. The fourth-order valence-electron chi connectivity index (χ4n) is 1.84. The zero-order valence-electron chi connectivity index (χ0n) is 12.4. The van der Waals surface area contributed by atoms with E-state index in [-0.39, 0.29) is 12.6 Å². The maximum absolute atomic E-state index is 9.03. The maximum Gasteiger partial charge on any atom is 0.258 e. The molecule has 0 aliphatic heterocycles. The van der Waals surface area contributed by atoms with E-state index < -0.39 is 0 Å². The van der Waals surface area contributed by atoms with E-state index in [1.165, 1.54) is 17.3 Å². The minimum atomic E-state index is 0.128. The summed E-state index contributed by atoms with van der Waals surface area (Å²) in [6, 6.07) is 0.201. The summed E-state index contributed by atoms with van der Waals surface area (Å²) in [5, 5.41) is 16.0. The van der Waals surface area contributed by atoms with E-state index in [2.05, 4.69) is 44.2 Å². The number of anilines is 2. The van der Waals surface area contributed by atoms with Crippen molar-refractivity contribution < 1.29 is 5.11 Å². The van der Waals surface area contributed by atoms with Crippen LogP contribution in [-0.4, -0.2) is 61.1 Å². The molecule has 2 heterocycles. The standard InChI is InChI=1S/C12H20N8O/c1-9(2)19(5-4-6-21)11-16-10(13-3)17-12(18-11)20-8-14-7-15-20/h7-9,21H,4-6H2,1-3H3,(H,13,16,17,18). The smallest absolute Gasteiger partial charge is 0.258 e. The highest BCUT2D eigenvalue weighted by Gasteiger charge is 2.16. The van der Waals surface area contributed by atoms with Crippen LogP contribution in [0.4, 0.5) is 11.9 Å². The summed E-state index contributed by atoms with van der Waals surface area (Å²) in [5.74, 6) is 1.40. The molecular formula is C12H20N8O. The summed E-state index contributed by atoms with van der Waals surface area (Å²) < 4.78 is 1.48. The molecule has 9 nitrogen and oxygen atoms in total. The van der Waals surface area contributed by atoms with Gasteiger partial charge in [0, 0.05) is 26.2 Å². The third-order valence-electron chi connectivity index (χ3n) is 2.90. The van der Waals surface area contributed by atoms with Crippen molar-refractivity contribution in [1.82, 2.24) is 29.7 Å². The third-order valence-corrected chi connectivity index (χ3v) is 2.90. The molecule has 0 fully saturated rings. The predicted molar refractivity (Wildman–Crippen MR) is 78.5 cm³/mol. The highest BCUT2D eigenvalue weighted by molar-refractivity contribution is 5.40. The minimum absolute atomic E-state index is 0.128. The van der Waals surface area contributed by atoms with Gasteiger partial charge < -0.3 is 15.3 Å². The highest BCUT2D eigenvalue weighted by Crippen LogP contribution is 2.15. The zero-order valence-corrected chi connectivity index (χ0v) is 12.4. The Hall–Kier alpha value is -2.29. The molecule has 0 radical (unpaired) electrons. The van der Waals surface area contributed by atoms with Gasteiger partial charge in [-0.3, -0.25) is 0 Å². The molecule has 0 spiro atoms. The van der Waals surface area contributed by atoms with E-state index in [4.69, 9.17) is 5.11 Å². The van der Waals surface area contributed by atoms with Gasteiger partial charge in [0.2, 0.25) is 11.9 Å². The summed E-state index contributed by atoms with van der Waals surface area (Å²) in [6.07, 6.45) is 3.61. The van der Waals surface area contributed by atoms with Crippen LogP contribution in [0.1, 0.15) is 20.3 Å². The SMILES string of the molecule is CNc1nc(N(CCCO)C(C)C)nc(-n2cncn2)n1. The van der Waals surface area contributed by atoms with Crippen LogP contribution >= 0.6 is 0 Å². The van der Waals surface area contributed by atoms with Gasteiger partial charge in [0.25, 0.3) is 5.95 Å². The van der Waals surface area contributed by atoms with Gasteiger partial charge in [-0.2, -0.15) is 24.7 Å². The van der Waals surface area contributed by atoms with Crippen LogP contribution in [0.2, 0.25) is 0 Å². The van der Waals surface area contributed by atoms with Crippen molar-refractivity contribution in [3.8, 4) is 5.95 Å². The Kier molecular flexibility index (Phi) is 4.99. The number of aromatic nitrogens is 6. The Balaban J connectivity index is 2.39. The second-order valence-electron chi connectivity index (χ2n) is 4.71. The Morgan fingerprint density at radius 3 is 2.71 bits per heavy atom. The molecule has 2 aromatic heterocycles. The Morgan fingerprint density at radius 1 is 1.33 bits per heavy atom. The van der Waals surface area contributed by atoms with Gasteiger partial charge in [0.1, 0.15) is 12.7 Å². The van der Waals surface area contributed by atoms with E-state index in [0.717, 1.165) is 0 Å². The Morgan fingerprint density at radius 2 is 2.14 bits per heavy atom. The maximum atomic E-state index is 9.03. The van der Waals surface area contributed by atoms with Gasteiger partial charge in [-0.15, -0.1) is 0 Å². The molecule has 2 N–H and O–H groups in total. The van der Waals surface area contributed by atoms with Crippen LogP contribution in [-0.2, 0) is 0 Å². The molecule has 114 valence electrons. The molecule has 0 saturated heterocycles. The number of nitrogens with one attached hydrogen (secondary N) is 1. The van der Waals surface area contributed by atoms with Crippen molar-refractivity contribution in [3.63, 3.8) is 0 Å². The predicted octanol–water partition coefficient (Wildman–Crippen LogP) is 0.0912. The lowest BCUT2D eigenvalue weighted by Gasteiger charge is -2.26. The first-order chi connectivity index (χ1) is 10.2. The van der Waals surface area contributed by atoms with Crippen molar-refractivity contribution in [2.75, 3.05) is 30.4 Å². The molecular weight excluding hydrogens is 272 g/mol. The lowest BCUT2D eigenvalue weighted by Crippen LogP contribution is -2.34. The summed E-state index contributed by atoms with van der Waals surface area (Å²) >= 11 is 0. The molecule has 0 aliphatic rings. The average Bonchev–Trinajstić information content (AvgIpc) is 3.01. The average molecular weight is 292 g/mol. The highest BCUT2D eigenvalue weighted by atomic mass is 16.3. The number of nitrogens with zero attached hydrogens (tertiary/aromatic N) is 7. The largest absolute Gasteiger partial charge is 0.396 e. The summed E-state index contributed by atoms with van der Waals surface area (Å²) in [7, 11) is 1.75. The van der Waals surface area contributed by atoms with Crippen LogP contribution in [0, 0.1) is 0 Å². The Bertz CT molecular complexity index is 556. The molecule has 2 rings (SSSR count). The van der Waals surface area contributed by atoms with Gasteiger partial charge in [-0.05, 0) is 20.3 Å². The summed E-state index contributed by atoms with van der Waals surface area (Å²) in [5.41, 5.74) is 0. The van der Waals surface area contributed by atoms with Crippen molar-refractivity contribution in [1.29, 1.82) is 0 Å². The topological polar surface area (TPSA) is 105 Å². The summed E-state index contributed by atoms with van der Waals surface area (Å²) in [6.45, 7) is 4.89. The van der Waals surface area contributed by atoms with Crippen molar-refractivity contribution >= 4 is 11.9 Å². The van der Waals surface area contributed by atoms with E-state index in [1.54, 1.807) is 7.05 Å². The van der Waals surface area contributed by atoms with E-state index in [9.17, 15) is 0 Å². The fourth-order valence-corrected chi connectivity index (χ4v) is 1.84. The van der Waals surface area contributed by atoms with Gasteiger partial charge in [-0.25, -0.2) is 4.98 Å². The molecule has 0 unspecified atom stereocenters. The van der Waals surface area contributed by atoms with E-state index >= 15 is 0 Å². The van der Waals surface area contributed by atoms with Gasteiger partial charge >= 0.3 is 0 Å². The number of hydrogen-bond donors (Lipinski definition) is 2. The normalized spacial score (nSPS) is 10.9. The third kappa shape index (κ3) is 3.63. The molecule has 0 amide bonds. The lowest BCUT2D eigenvalue weighted by atomic mass is 10.3. The quantitative estimate of drug-likeness (QED) is 0.740. The number of aliphatic hydroxyl groups is 1. The fraction of sp³-hybridized carbons (Fsp3) is 0.583. The minimum Gasteiger partial charge on any atom is -0.396 e. The number of aliphatic hydroxyl groups excluding tert-OH is 1. The molecule has 2 aromatic rings. The van der Waals surface area contributed by atoms with Crippen LogP contribution in [0.5, 0.6) is 0 Å². The van der Waals surface area contributed by atoms with E-state index in [1.807, 2.05) is 4.90 Å². The van der Waals surface area contributed by atoms with Crippen LogP contribution in [0.25, 0.3) is 5.95 Å². The molecule has 21 heavy (non-hydrogen) atoms. The van der Waals surface area contributed by atoms with Gasteiger partial charge in [0.15, 0.2) is 0 Å². The second kappa shape index (κ2) is 6.93. The molecule has 9 heteroatoms. The van der Waals surface area contributed by atoms with Crippen LogP contribution in [0.15, 0.2) is 12.7 Å². The second-order valence-corrected chi connectivity index (χ2v) is 4.71. The molecule has 0 bridgehead atoms. The lowest BCUT2D eigenvalue weighted by molar-refractivity contribution is 0.288. The van der Waals surface area contributed by atoms with Gasteiger partial charge in [-0.1, -0.05) is 0 Å². The zero-order chi connectivity index (χ0) is 15.2. The first-order valence-electron chi connectivity index (χ1n) is 6.82. The molecule has 0 atom stereocenters. The summed E-state index contributed by atoms with van der Waals surface area (Å²) in [4.78, 5) is 19.0. The van der Waals surface area contributed by atoms with Crippen LogP contribution < -0.4 is 10.2 Å². The van der Waals surface area contributed by atoms with Crippen molar-refractivity contribution in [2.45, 2.75) is 26.3 Å². The molecule has 0 saturated carbocycles. The monoisotopic (exact) mass is 292 g/mol. The number of hydrogen-bond acceptors (Lipinski definition) is 8. The van der Waals surface area contributed by atoms with Gasteiger partial charge in [0.05, 0.1) is 0 Å². The molecule has 0 aliphatic carbocycles. The van der Waals surface area contributed by atoms with Crippen molar-refractivity contribution in [3.05, 3.63) is 12.7 Å². The Labute approximate surface area is 123 Å². The van der Waals surface area contributed by atoms with Crippen molar-refractivity contribution in [2.24, 2.45) is 0 Å². The van der Waals surface area contributed by atoms with E-state index in [0.29, 0.717) is 30.8 Å². The van der Waals surface area contributed by atoms with Crippen LogP contribution in [0.3, 0.4) is 0 Å². The first-order valence-corrected chi connectivity index (χ1v) is 6.82. The first kappa shape index (κ1) is 15.1. The molecule has 0 aromatic carbocycles.